The number of carbonyl (C=O) groups is 1. The van der Waals surface area contributed by atoms with Crippen molar-refractivity contribution in [2.45, 2.75) is 26.3 Å². The third kappa shape index (κ3) is 2.31. The summed E-state index contributed by atoms with van der Waals surface area (Å²) in [6.07, 6.45) is 2.71. The van der Waals surface area contributed by atoms with E-state index in [1.807, 2.05) is 6.07 Å². The van der Waals surface area contributed by atoms with E-state index in [2.05, 4.69) is 16.8 Å². The number of hydrogen-bond donors (Lipinski definition) is 1. The van der Waals surface area contributed by atoms with E-state index >= 15 is 0 Å². The number of anilines is 1. The Kier molecular flexibility index (Phi) is 3.43. The fourth-order valence-electron chi connectivity index (χ4n) is 2.37. The first-order chi connectivity index (χ1) is 8.13. The molecule has 0 aromatic carbocycles. The zero-order valence-corrected chi connectivity index (χ0v) is 10.3. The van der Waals surface area contributed by atoms with E-state index in [9.17, 15) is 9.90 Å². The minimum atomic E-state index is 0.0430. The lowest BCUT2D eigenvalue weighted by molar-refractivity contribution is 0.101. The third-order valence-electron chi connectivity index (χ3n) is 3.52. The molecular weight excluding hydrogens is 216 g/mol. The molecule has 2 rings (SSSR count). The first-order valence-corrected chi connectivity index (χ1v) is 5.98. The van der Waals surface area contributed by atoms with Gasteiger partial charge in [0.05, 0.1) is 12.6 Å². The predicted molar refractivity (Wildman–Crippen MR) is 66.2 cm³/mol. The number of ketones is 1. The van der Waals surface area contributed by atoms with Crippen LogP contribution in [0.5, 0.6) is 0 Å². The molecule has 0 spiro atoms. The molecule has 2 atom stereocenters. The summed E-state index contributed by atoms with van der Waals surface area (Å²) in [5.41, 5.74) is 0.672. The van der Waals surface area contributed by atoms with Gasteiger partial charge in [-0.25, -0.2) is 4.98 Å². The van der Waals surface area contributed by atoms with Gasteiger partial charge in [-0.05, 0) is 31.4 Å². The van der Waals surface area contributed by atoms with Gasteiger partial charge in [0.2, 0.25) is 0 Å². The van der Waals surface area contributed by atoms with Gasteiger partial charge in [-0.2, -0.15) is 0 Å². The number of aliphatic hydroxyl groups excluding tert-OH is 1. The zero-order valence-electron chi connectivity index (χ0n) is 10.3. The first-order valence-electron chi connectivity index (χ1n) is 5.98. The summed E-state index contributed by atoms with van der Waals surface area (Å²) >= 11 is 0. The van der Waals surface area contributed by atoms with Crippen molar-refractivity contribution in [2.75, 3.05) is 18.1 Å². The van der Waals surface area contributed by atoms with Crippen molar-refractivity contribution in [2.24, 2.45) is 5.92 Å². The molecule has 1 fully saturated rings. The number of carbonyl (C=O) groups excluding carboxylic acids is 1. The van der Waals surface area contributed by atoms with E-state index in [4.69, 9.17) is 0 Å². The summed E-state index contributed by atoms with van der Waals surface area (Å²) in [4.78, 5) is 17.7. The molecule has 2 heterocycles. The lowest BCUT2D eigenvalue weighted by atomic mass is 10.0. The van der Waals surface area contributed by atoms with Crippen LogP contribution in [-0.4, -0.2) is 35.1 Å². The van der Waals surface area contributed by atoms with Crippen molar-refractivity contribution >= 4 is 11.6 Å². The Morgan fingerprint density at radius 2 is 2.41 bits per heavy atom. The van der Waals surface area contributed by atoms with Gasteiger partial charge in [-0.15, -0.1) is 0 Å². The molecule has 17 heavy (non-hydrogen) atoms. The minimum absolute atomic E-state index is 0.0430. The molecule has 92 valence electrons. The van der Waals surface area contributed by atoms with Gasteiger partial charge in [0.25, 0.3) is 0 Å². The van der Waals surface area contributed by atoms with Crippen molar-refractivity contribution < 1.29 is 9.90 Å². The van der Waals surface area contributed by atoms with Crippen LogP contribution in [0, 0.1) is 5.92 Å². The van der Waals surface area contributed by atoms with Crippen LogP contribution >= 0.6 is 0 Å². The molecule has 1 aromatic rings. The second-order valence-electron chi connectivity index (χ2n) is 4.67. The Labute approximate surface area is 101 Å². The summed E-state index contributed by atoms with van der Waals surface area (Å²) in [5.74, 6) is 1.30. The van der Waals surface area contributed by atoms with Gasteiger partial charge in [0.1, 0.15) is 5.82 Å². The molecule has 4 nitrogen and oxygen atoms in total. The summed E-state index contributed by atoms with van der Waals surface area (Å²) in [6.45, 7) is 4.71. The highest BCUT2D eigenvalue weighted by Crippen LogP contribution is 2.28. The number of nitrogens with zero attached hydrogens (tertiary/aromatic N) is 2. The average molecular weight is 234 g/mol. The van der Waals surface area contributed by atoms with Crippen LogP contribution in [0.2, 0.25) is 0 Å². The van der Waals surface area contributed by atoms with Crippen molar-refractivity contribution in [1.29, 1.82) is 0 Å². The number of pyridine rings is 1. The molecule has 1 saturated heterocycles. The van der Waals surface area contributed by atoms with Crippen LogP contribution in [0.1, 0.15) is 30.6 Å². The summed E-state index contributed by atoms with van der Waals surface area (Å²) in [6, 6.07) is 3.65. The summed E-state index contributed by atoms with van der Waals surface area (Å²) < 4.78 is 0. The van der Waals surface area contributed by atoms with E-state index < -0.39 is 0 Å². The van der Waals surface area contributed by atoms with Crippen LogP contribution in [-0.2, 0) is 0 Å². The number of aliphatic hydroxyl groups is 1. The molecule has 4 heteroatoms. The lowest BCUT2D eigenvalue weighted by Gasteiger charge is -2.26. The quantitative estimate of drug-likeness (QED) is 0.805. The molecule has 0 bridgehead atoms. The standard InChI is InChI=1S/C13H18N2O2/c1-9-4-6-15(12(9)8-16)13-7-11(10(2)17)3-5-14-13/h3,5,7,9,12,16H,4,6,8H2,1-2H3. The number of aromatic nitrogens is 1. The second kappa shape index (κ2) is 4.84. The molecule has 1 aliphatic rings. The highest BCUT2D eigenvalue weighted by molar-refractivity contribution is 5.94. The summed E-state index contributed by atoms with van der Waals surface area (Å²) in [7, 11) is 0. The van der Waals surface area contributed by atoms with Crippen LogP contribution in [0.15, 0.2) is 18.3 Å². The normalized spacial score (nSPS) is 24.1. The van der Waals surface area contributed by atoms with Gasteiger partial charge in [-0.3, -0.25) is 4.79 Å². The molecule has 1 aliphatic heterocycles. The molecule has 1 N–H and O–H groups in total. The van der Waals surface area contributed by atoms with Gasteiger partial charge < -0.3 is 10.0 Å². The van der Waals surface area contributed by atoms with Crippen LogP contribution in [0.3, 0.4) is 0 Å². The molecular formula is C13H18N2O2. The minimum Gasteiger partial charge on any atom is -0.394 e. The van der Waals surface area contributed by atoms with E-state index in [-0.39, 0.29) is 18.4 Å². The van der Waals surface area contributed by atoms with Crippen molar-refractivity contribution in [3.8, 4) is 0 Å². The molecule has 0 aliphatic carbocycles. The fraction of sp³-hybridized carbons (Fsp3) is 0.538. The predicted octanol–water partition coefficient (Wildman–Crippen LogP) is 1.49. The maximum atomic E-state index is 11.3. The van der Waals surface area contributed by atoms with Crippen LogP contribution < -0.4 is 4.90 Å². The zero-order chi connectivity index (χ0) is 12.4. The molecule has 1 aromatic heterocycles. The van der Waals surface area contributed by atoms with E-state index in [0.29, 0.717) is 11.5 Å². The van der Waals surface area contributed by atoms with Crippen LogP contribution in [0.25, 0.3) is 0 Å². The average Bonchev–Trinajstić information content (AvgIpc) is 2.70. The van der Waals surface area contributed by atoms with E-state index in [1.54, 1.807) is 19.2 Å². The second-order valence-corrected chi connectivity index (χ2v) is 4.67. The third-order valence-corrected chi connectivity index (χ3v) is 3.52. The van der Waals surface area contributed by atoms with Crippen molar-refractivity contribution in [3.05, 3.63) is 23.9 Å². The lowest BCUT2D eigenvalue weighted by Crippen LogP contribution is -2.35. The van der Waals surface area contributed by atoms with Gasteiger partial charge >= 0.3 is 0 Å². The Hall–Kier alpha value is -1.42. The molecule has 0 saturated carbocycles. The SMILES string of the molecule is CC(=O)c1ccnc(N2CCC(C)C2CO)c1. The highest BCUT2D eigenvalue weighted by Gasteiger charge is 2.31. The number of Topliss-reactive ketones (excluding diaryl/α,β-unsaturated/α-hetero) is 1. The maximum absolute atomic E-state index is 11.3. The van der Waals surface area contributed by atoms with Gasteiger partial charge in [0.15, 0.2) is 5.78 Å². The topological polar surface area (TPSA) is 53.4 Å². The number of rotatable bonds is 3. The van der Waals surface area contributed by atoms with Crippen molar-refractivity contribution in [1.82, 2.24) is 4.98 Å². The smallest absolute Gasteiger partial charge is 0.159 e. The highest BCUT2D eigenvalue weighted by atomic mass is 16.3. The van der Waals surface area contributed by atoms with E-state index in [1.165, 1.54) is 0 Å². The summed E-state index contributed by atoms with van der Waals surface area (Å²) in [5, 5.41) is 9.41. The van der Waals surface area contributed by atoms with Gasteiger partial charge in [0, 0.05) is 18.3 Å². The Morgan fingerprint density at radius 3 is 3.06 bits per heavy atom. The Balaban J connectivity index is 2.28. The molecule has 0 radical (unpaired) electrons. The van der Waals surface area contributed by atoms with E-state index in [0.717, 1.165) is 18.8 Å². The maximum Gasteiger partial charge on any atom is 0.159 e. The molecule has 0 amide bonds. The van der Waals surface area contributed by atoms with Crippen molar-refractivity contribution in [3.63, 3.8) is 0 Å². The monoisotopic (exact) mass is 234 g/mol. The Morgan fingerprint density at radius 1 is 1.65 bits per heavy atom. The van der Waals surface area contributed by atoms with Crippen LogP contribution in [0.4, 0.5) is 5.82 Å². The fourth-order valence-corrected chi connectivity index (χ4v) is 2.37. The molecule has 2 unspecified atom stereocenters. The number of hydrogen-bond acceptors (Lipinski definition) is 4. The Bertz CT molecular complexity index is 420. The van der Waals surface area contributed by atoms with Gasteiger partial charge in [-0.1, -0.05) is 6.92 Å². The largest absolute Gasteiger partial charge is 0.394 e. The first kappa shape index (κ1) is 12.0.